The van der Waals surface area contributed by atoms with Crippen molar-refractivity contribution in [3.63, 3.8) is 0 Å². The molecule has 0 amide bonds. The zero-order valence-corrected chi connectivity index (χ0v) is 19.7. The number of rotatable bonds is 9. The van der Waals surface area contributed by atoms with E-state index in [9.17, 15) is 18.0 Å². The van der Waals surface area contributed by atoms with Crippen LogP contribution in [0.1, 0.15) is 33.9 Å². The number of aryl methyl sites for hydroxylation is 1. The van der Waals surface area contributed by atoms with E-state index in [0.29, 0.717) is 11.1 Å². The largest absolute Gasteiger partial charge is 0.457 e. The summed E-state index contributed by atoms with van der Waals surface area (Å²) in [4.78, 5) is 24.8. The molecule has 0 spiro atoms. The molecule has 0 aliphatic carbocycles. The fraction of sp³-hybridized carbons (Fsp3) is 0.167. The van der Waals surface area contributed by atoms with Crippen LogP contribution < -0.4 is 4.72 Å². The standard InChI is InChI=1S/C24H22BrNO5S/c1-17-7-13-21(14-8-17)32(29,30)26-22(18-5-3-2-4-6-18)15-24(28)31-16-23(27)19-9-11-20(25)12-10-19/h2-14,22,26H,15-16H2,1H3. The number of sulfonamides is 1. The zero-order valence-electron chi connectivity index (χ0n) is 17.3. The second-order valence-electron chi connectivity index (χ2n) is 7.19. The van der Waals surface area contributed by atoms with Gasteiger partial charge in [0.2, 0.25) is 10.0 Å². The Morgan fingerprint density at radius 1 is 0.938 bits per heavy atom. The Hall–Kier alpha value is -2.81. The van der Waals surface area contributed by atoms with E-state index in [2.05, 4.69) is 20.7 Å². The van der Waals surface area contributed by atoms with Crippen molar-refractivity contribution in [1.82, 2.24) is 4.72 Å². The molecular weight excluding hydrogens is 494 g/mol. The van der Waals surface area contributed by atoms with E-state index < -0.39 is 28.6 Å². The SMILES string of the molecule is Cc1ccc(S(=O)(=O)NC(CC(=O)OCC(=O)c2ccc(Br)cc2)c2ccccc2)cc1. The van der Waals surface area contributed by atoms with E-state index in [4.69, 9.17) is 4.74 Å². The van der Waals surface area contributed by atoms with Crippen molar-refractivity contribution in [2.24, 2.45) is 0 Å². The van der Waals surface area contributed by atoms with Crippen molar-refractivity contribution in [1.29, 1.82) is 0 Å². The number of nitrogens with one attached hydrogen (secondary N) is 1. The molecule has 0 saturated carbocycles. The topological polar surface area (TPSA) is 89.5 Å². The molecule has 3 rings (SSSR count). The van der Waals surface area contributed by atoms with Gasteiger partial charge in [-0.2, -0.15) is 0 Å². The molecule has 166 valence electrons. The quantitative estimate of drug-likeness (QED) is 0.332. The highest BCUT2D eigenvalue weighted by atomic mass is 79.9. The number of hydrogen-bond donors (Lipinski definition) is 1. The highest BCUT2D eigenvalue weighted by molar-refractivity contribution is 9.10. The van der Waals surface area contributed by atoms with E-state index in [0.717, 1.165) is 10.0 Å². The number of Topliss-reactive ketones (excluding diaryl/α,β-unsaturated/α-hetero) is 1. The molecule has 3 aromatic rings. The fourth-order valence-electron chi connectivity index (χ4n) is 2.98. The lowest BCUT2D eigenvalue weighted by atomic mass is 10.1. The van der Waals surface area contributed by atoms with Crippen LogP contribution in [0.25, 0.3) is 0 Å². The number of carbonyl (C=O) groups excluding carboxylic acids is 2. The van der Waals surface area contributed by atoms with Gasteiger partial charge in [-0.3, -0.25) is 9.59 Å². The maximum absolute atomic E-state index is 12.9. The van der Waals surface area contributed by atoms with Crippen molar-refractivity contribution >= 4 is 37.7 Å². The minimum Gasteiger partial charge on any atom is -0.457 e. The Morgan fingerprint density at radius 2 is 1.56 bits per heavy atom. The van der Waals surface area contributed by atoms with Crippen LogP contribution in [0.15, 0.2) is 88.2 Å². The molecule has 0 radical (unpaired) electrons. The van der Waals surface area contributed by atoms with E-state index >= 15 is 0 Å². The first kappa shape index (κ1) is 23.8. The summed E-state index contributed by atoms with van der Waals surface area (Å²) in [5.74, 6) is -1.03. The average molecular weight is 516 g/mol. The minimum atomic E-state index is -3.88. The summed E-state index contributed by atoms with van der Waals surface area (Å²) in [5, 5.41) is 0. The average Bonchev–Trinajstić information content (AvgIpc) is 2.78. The molecule has 3 aromatic carbocycles. The van der Waals surface area contributed by atoms with Crippen LogP contribution in [-0.2, 0) is 19.6 Å². The van der Waals surface area contributed by atoms with Crippen LogP contribution in [0.2, 0.25) is 0 Å². The van der Waals surface area contributed by atoms with Crippen LogP contribution in [-0.4, -0.2) is 26.8 Å². The molecule has 1 N–H and O–H groups in total. The number of carbonyl (C=O) groups is 2. The van der Waals surface area contributed by atoms with Gasteiger partial charge in [0, 0.05) is 10.0 Å². The van der Waals surface area contributed by atoms with Gasteiger partial charge in [0.15, 0.2) is 12.4 Å². The van der Waals surface area contributed by atoms with Crippen molar-refractivity contribution in [3.8, 4) is 0 Å². The molecule has 0 aliphatic rings. The highest BCUT2D eigenvalue weighted by Crippen LogP contribution is 2.21. The third kappa shape index (κ3) is 6.59. The van der Waals surface area contributed by atoms with E-state index in [1.165, 1.54) is 12.1 Å². The van der Waals surface area contributed by atoms with Gasteiger partial charge in [-0.25, -0.2) is 13.1 Å². The first-order valence-corrected chi connectivity index (χ1v) is 12.1. The lowest BCUT2D eigenvalue weighted by Crippen LogP contribution is -2.31. The molecule has 0 fully saturated rings. The third-order valence-electron chi connectivity index (χ3n) is 4.73. The maximum Gasteiger partial charge on any atom is 0.308 e. The van der Waals surface area contributed by atoms with Crippen LogP contribution >= 0.6 is 15.9 Å². The summed E-state index contributed by atoms with van der Waals surface area (Å²) in [6.07, 6.45) is -0.261. The van der Waals surface area contributed by atoms with Gasteiger partial charge >= 0.3 is 5.97 Å². The number of benzene rings is 3. The van der Waals surface area contributed by atoms with Gasteiger partial charge in [0.05, 0.1) is 17.4 Å². The predicted molar refractivity (Wildman–Crippen MR) is 125 cm³/mol. The summed E-state index contributed by atoms with van der Waals surface area (Å²) in [6.45, 7) is 1.44. The Balaban J connectivity index is 1.70. The van der Waals surface area contributed by atoms with Gasteiger partial charge in [-0.05, 0) is 36.8 Å². The van der Waals surface area contributed by atoms with E-state index in [-0.39, 0.29) is 17.1 Å². The third-order valence-corrected chi connectivity index (χ3v) is 6.75. The number of ketones is 1. The molecule has 0 saturated heterocycles. The van der Waals surface area contributed by atoms with Gasteiger partial charge in [-0.15, -0.1) is 0 Å². The Kier molecular flexibility index (Phi) is 7.95. The van der Waals surface area contributed by atoms with E-state index in [1.54, 1.807) is 66.7 Å². The first-order valence-electron chi connectivity index (χ1n) is 9.83. The molecule has 0 aromatic heterocycles. The lowest BCUT2D eigenvalue weighted by Gasteiger charge is -2.19. The maximum atomic E-state index is 12.9. The van der Waals surface area contributed by atoms with Gasteiger partial charge in [-0.1, -0.05) is 76.1 Å². The van der Waals surface area contributed by atoms with Crippen LogP contribution in [0.3, 0.4) is 0 Å². The number of halogens is 1. The van der Waals surface area contributed by atoms with E-state index in [1.807, 2.05) is 6.92 Å². The molecule has 0 heterocycles. The smallest absolute Gasteiger partial charge is 0.308 e. The minimum absolute atomic E-state index is 0.0998. The molecule has 8 heteroatoms. The zero-order chi connectivity index (χ0) is 23.1. The van der Waals surface area contributed by atoms with Crippen molar-refractivity contribution in [2.45, 2.75) is 24.3 Å². The number of hydrogen-bond acceptors (Lipinski definition) is 5. The predicted octanol–water partition coefficient (Wildman–Crippen LogP) is 4.59. The monoisotopic (exact) mass is 515 g/mol. The summed E-state index contributed by atoms with van der Waals surface area (Å²) >= 11 is 3.30. The molecular formula is C24H22BrNO5S. The Bertz CT molecular complexity index is 1180. The molecule has 6 nitrogen and oxygen atoms in total. The van der Waals surface area contributed by atoms with Gasteiger partial charge < -0.3 is 4.74 Å². The first-order chi connectivity index (χ1) is 15.2. The summed E-state index contributed by atoms with van der Waals surface area (Å²) in [6, 6.07) is 21.0. The Morgan fingerprint density at radius 3 is 2.19 bits per heavy atom. The number of esters is 1. The summed E-state index contributed by atoms with van der Waals surface area (Å²) in [5.41, 5.74) is 1.96. The van der Waals surface area contributed by atoms with Crippen LogP contribution in [0.4, 0.5) is 0 Å². The lowest BCUT2D eigenvalue weighted by molar-refractivity contribution is -0.143. The van der Waals surface area contributed by atoms with Crippen molar-refractivity contribution in [2.75, 3.05) is 6.61 Å². The molecule has 32 heavy (non-hydrogen) atoms. The Labute approximate surface area is 195 Å². The molecule has 1 atom stereocenters. The highest BCUT2D eigenvalue weighted by Gasteiger charge is 2.24. The van der Waals surface area contributed by atoms with Gasteiger partial charge in [0.25, 0.3) is 0 Å². The summed E-state index contributed by atoms with van der Waals surface area (Å²) in [7, 11) is -3.88. The molecule has 0 aliphatic heterocycles. The van der Waals surface area contributed by atoms with Crippen molar-refractivity contribution < 1.29 is 22.7 Å². The number of ether oxygens (including phenoxy) is 1. The van der Waals surface area contributed by atoms with Crippen molar-refractivity contribution in [3.05, 3.63) is 100 Å². The van der Waals surface area contributed by atoms with Crippen LogP contribution in [0.5, 0.6) is 0 Å². The second kappa shape index (κ2) is 10.7. The summed E-state index contributed by atoms with van der Waals surface area (Å²) < 4.78 is 34.3. The van der Waals surface area contributed by atoms with Crippen LogP contribution in [0, 0.1) is 6.92 Å². The second-order valence-corrected chi connectivity index (χ2v) is 9.82. The molecule has 1 unspecified atom stereocenters. The molecule has 0 bridgehead atoms. The van der Waals surface area contributed by atoms with Gasteiger partial charge in [0.1, 0.15) is 0 Å². The fourth-order valence-corrected chi connectivity index (χ4v) is 4.47. The normalized spacial score (nSPS) is 12.2.